The molecule has 118 valence electrons. The number of fused-ring (bicyclic) bond motifs is 3. The van der Waals surface area contributed by atoms with Crippen molar-refractivity contribution in [3.8, 4) is 0 Å². The number of aliphatic hydroxyl groups excluding tert-OH is 1. The van der Waals surface area contributed by atoms with E-state index in [9.17, 15) is 5.11 Å². The van der Waals surface area contributed by atoms with Crippen LogP contribution in [0.2, 0.25) is 0 Å². The first-order valence-electron chi connectivity index (χ1n) is 9.22. The van der Waals surface area contributed by atoms with Gasteiger partial charge < -0.3 is 5.11 Å². The highest BCUT2D eigenvalue weighted by atomic mass is 16.3. The third-order valence-corrected chi connectivity index (χ3v) is 8.54. The molecule has 6 atom stereocenters. The Kier molecular flexibility index (Phi) is 2.98. The topological polar surface area (TPSA) is 20.2 Å². The summed E-state index contributed by atoms with van der Waals surface area (Å²) in [7, 11) is 0. The zero-order valence-electron chi connectivity index (χ0n) is 14.0. The second-order valence-electron chi connectivity index (χ2n) is 9.49. The van der Waals surface area contributed by atoms with Crippen molar-refractivity contribution in [2.75, 3.05) is 6.61 Å². The maximum atomic E-state index is 10.1. The van der Waals surface area contributed by atoms with Crippen LogP contribution in [0, 0.1) is 34.0 Å². The Bertz CT molecular complexity index is 468. The number of allylic oxidation sites excluding steroid dienone is 1. The van der Waals surface area contributed by atoms with Gasteiger partial charge in [0.15, 0.2) is 0 Å². The lowest BCUT2D eigenvalue weighted by Crippen LogP contribution is -2.57. The molecule has 0 aliphatic heterocycles. The lowest BCUT2D eigenvalue weighted by molar-refractivity contribution is -0.158. The van der Waals surface area contributed by atoms with Crippen molar-refractivity contribution < 1.29 is 5.11 Å². The quantitative estimate of drug-likeness (QED) is 0.677. The highest BCUT2D eigenvalue weighted by molar-refractivity contribution is 5.22. The van der Waals surface area contributed by atoms with Crippen molar-refractivity contribution in [1.29, 1.82) is 0 Å². The fraction of sp³-hybridized carbons (Fsp3) is 0.900. The second kappa shape index (κ2) is 4.37. The summed E-state index contributed by atoms with van der Waals surface area (Å²) in [6.07, 6.45) is 12.3. The summed E-state index contributed by atoms with van der Waals surface area (Å²) >= 11 is 0. The van der Waals surface area contributed by atoms with Crippen LogP contribution in [-0.2, 0) is 0 Å². The van der Waals surface area contributed by atoms with E-state index in [1.54, 1.807) is 5.57 Å². The lowest BCUT2D eigenvalue weighted by atomic mass is 9.41. The third-order valence-electron chi connectivity index (χ3n) is 8.54. The van der Waals surface area contributed by atoms with Crippen molar-refractivity contribution in [3.05, 3.63) is 12.2 Å². The standard InChI is InChI=1S/C20H32O/c1-14-11-20-10-7-16-18(2,13-21)8-4-9-19(16,3)17(20)6-5-15(14)12-20/h15-17,21H,1,4-13H2,2-3H3/t15-,16-,17+,18-,19-,20-/m0/s1. The zero-order valence-corrected chi connectivity index (χ0v) is 14.0. The highest BCUT2D eigenvalue weighted by Gasteiger charge is 2.63. The predicted octanol–water partition coefficient (Wildman–Crippen LogP) is 4.95. The molecule has 0 aromatic rings. The molecule has 1 nitrogen and oxygen atoms in total. The minimum absolute atomic E-state index is 0.182. The van der Waals surface area contributed by atoms with E-state index < -0.39 is 0 Å². The molecule has 0 aromatic heterocycles. The first kappa shape index (κ1) is 14.3. The van der Waals surface area contributed by atoms with E-state index in [-0.39, 0.29) is 5.41 Å². The van der Waals surface area contributed by atoms with Crippen molar-refractivity contribution in [2.45, 2.75) is 71.6 Å². The molecule has 4 saturated carbocycles. The molecule has 21 heavy (non-hydrogen) atoms. The Balaban J connectivity index is 1.73. The molecule has 4 aliphatic rings. The molecule has 4 rings (SSSR count). The van der Waals surface area contributed by atoms with Crippen LogP contribution in [0.5, 0.6) is 0 Å². The Hall–Kier alpha value is -0.300. The van der Waals surface area contributed by atoms with Gasteiger partial charge in [-0.3, -0.25) is 0 Å². The van der Waals surface area contributed by atoms with E-state index in [0.29, 0.717) is 17.4 Å². The van der Waals surface area contributed by atoms with Crippen LogP contribution in [-0.4, -0.2) is 11.7 Å². The first-order valence-corrected chi connectivity index (χ1v) is 9.22. The third kappa shape index (κ3) is 1.73. The van der Waals surface area contributed by atoms with Crippen LogP contribution in [0.25, 0.3) is 0 Å². The SMILES string of the molecule is C=C1C[C@]23CC[C@H]4[C@](C)(CO)CCC[C@]4(C)[C@H]2CC[C@H]1C3. The minimum Gasteiger partial charge on any atom is -0.396 e. The second-order valence-corrected chi connectivity index (χ2v) is 9.49. The van der Waals surface area contributed by atoms with Crippen molar-refractivity contribution in [3.63, 3.8) is 0 Å². The Morgan fingerprint density at radius 3 is 2.67 bits per heavy atom. The number of aliphatic hydroxyl groups is 1. The first-order chi connectivity index (χ1) is 9.94. The van der Waals surface area contributed by atoms with Gasteiger partial charge in [0.25, 0.3) is 0 Å². The normalized spacial score (nSPS) is 56.0. The molecule has 0 saturated heterocycles. The largest absolute Gasteiger partial charge is 0.396 e. The summed E-state index contributed by atoms with van der Waals surface area (Å²) in [6, 6.07) is 0. The Morgan fingerprint density at radius 2 is 1.90 bits per heavy atom. The molecule has 0 unspecified atom stereocenters. The fourth-order valence-corrected chi connectivity index (χ4v) is 7.68. The predicted molar refractivity (Wildman–Crippen MR) is 86.9 cm³/mol. The number of hydrogen-bond acceptors (Lipinski definition) is 1. The molecule has 1 spiro atoms. The van der Waals surface area contributed by atoms with Crippen LogP contribution in [0.4, 0.5) is 0 Å². The molecule has 0 amide bonds. The average molecular weight is 288 g/mol. The summed E-state index contributed by atoms with van der Waals surface area (Å²) in [6.45, 7) is 9.77. The van der Waals surface area contributed by atoms with Gasteiger partial charge >= 0.3 is 0 Å². The molecule has 1 N–H and O–H groups in total. The summed E-state index contributed by atoms with van der Waals surface area (Å²) < 4.78 is 0. The maximum Gasteiger partial charge on any atom is 0.0487 e. The van der Waals surface area contributed by atoms with Gasteiger partial charge in [-0.1, -0.05) is 32.4 Å². The van der Waals surface area contributed by atoms with Crippen molar-refractivity contribution in [2.24, 2.45) is 34.0 Å². The molecule has 0 aromatic carbocycles. The van der Waals surface area contributed by atoms with E-state index in [2.05, 4.69) is 20.4 Å². The summed E-state index contributed by atoms with van der Waals surface area (Å²) in [5, 5.41) is 10.1. The van der Waals surface area contributed by atoms with Gasteiger partial charge in [0.2, 0.25) is 0 Å². The molecule has 4 aliphatic carbocycles. The van der Waals surface area contributed by atoms with E-state index in [4.69, 9.17) is 0 Å². The summed E-state index contributed by atoms with van der Waals surface area (Å²) in [5.74, 6) is 2.48. The van der Waals surface area contributed by atoms with E-state index >= 15 is 0 Å². The minimum atomic E-state index is 0.182. The zero-order chi connectivity index (χ0) is 14.9. The smallest absolute Gasteiger partial charge is 0.0487 e. The van der Waals surface area contributed by atoms with Gasteiger partial charge in [0.1, 0.15) is 0 Å². The maximum absolute atomic E-state index is 10.1. The van der Waals surface area contributed by atoms with Crippen molar-refractivity contribution in [1.82, 2.24) is 0 Å². The van der Waals surface area contributed by atoms with Gasteiger partial charge in [0, 0.05) is 6.61 Å². The van der Waals surface area contributed by atoms with Gasteiger partial charge in [-0.15, -0.1) is 0 Å². The van der Waals surface area contributed by atoms with Gasteiger partial charge in [-0.25, -0.2) is 0 Å². The van der Waals surface area contributed by atoms with Gasteiger partial charge in [-0.2, -0.15) is 0 Å². The lowest BCUT2D eigenvalue weighted by Gasteiger charge is -2.64. The molecule has 0 heterocycles. The summed E-state index contributed by atoms with van der Waals surface area (Å²) in [5.41, 5.74) is 2.82. The molecular weight excluding hydrogens is 256 g/mol. The Morgan fingerprint density at radius 1 is 1.10 bits per heavy atom. The molecule has 0 radical (unpaired) electrons. The van der Waals surface area contributed by atoms with Crippen LogP contribution in [0.3, 0.4) is 0 Å². The van der Waals surface area contributed by atoms with E-state index in [1.807, 2.05) is 0 Å². The fourth-order valence-electron chi connectivity index (χ4n) is 7.68. The van der Waals surface area contributed by atoms with Crippen molar-refractivity contribution >= 4 is 0 Å². The monoisotopic (exact) mass is 288 g/mol. The molecule has 4 fully saturated rings. The van der Waals surface area contributed by atoms with Gasteiger partial charge in [-0.05, 0) is 85.4 Å². The van der Waals surface area contributed by atoms with Gasteiger partial charge in [0.05, 0.1) is 0 Å². The molecule has 1 heteroatoms. The summed E-state index contributed by atoms with van der Waals surface area (Å²) in [4.78, 5) is 0. The van der Waals surface area contributed by atoms with Crippen LogP contribution < -0.4 is 0 Å². The number of hydrogen-bond donors (Lipinski definition) is 1. The van der Waals surface area contributed by atoms with Crippen LogP contribution in [0.15, 0.2) is 12.2 Å². The highest BCUT2D eigenvalue weighted by Crippen LogP contribution is 2.72. The average Bonchev–Trinajstić information content (AvgIpc) is 2.68. The van der Waals surface area contributed by atoms with E-state index in [0.717, 1.165) is 17.8 Å². The number of rotatable bonds is 1. The van der Waals surface area contributed by atoms with Crippen LogP contribution >= 0.6 is 0 Å². The molecular formula is C20H32O. The van der Waals surface area contributed by atoms with E-state index in [1.165, 1.54) is 57.8 Å². The van der Waals surface area contributed by atoms with Crippen LogP contribution in [0.1, 0.15) is 71.6 Å². The molecule has 2 bridgehead atoms. The Labute approximate surface area is 130 Å².